The van der Waals surface area contributed by atoms with Gasteiger partial charge in [-0.25, -0.2) is 14.1 Å². The molecule has 0 spiro atoms. The van der Waals surface area contributed by atoms with Crippen LogP contribution in [0, 0.1) is 12.7 Å². The number of aliphatic imine (C=N–C) groups is 1. The summed E-state index contributed by atoms with van der Waals surface area (Å²) in [6.45, 7) is 2.03. The maximum atomic E-state index is 13.6. The van der Waals surface area contributed by atoms with Crippen LogP contribution in [-0.2, 0) is 6.42 Å². The normalized spacial score (nSPS) is 12.5. The quantitative estimate of drug-likeness (QED) is 0.371. The van der Waals surface area contributed by atoms with Crippen molar-refractivity contribution in [3.05, 3.63) is 101 Å². The summed E-state index contributed by atoms with van der Waals surface area (Å²) < 4.78 is 21.5. The van der Waals surface area contributed by atoms with Crippen molar-refractivity contribution in [2.45, 2.75) is 13.3 Å². The van der Waals surface area contributed by atoms with Crippen LogP contribution in [0.25, 0.3) is 5.69 Å². The Morgan fingerprint density at radius 2 is 1.86 bits per heavy atom. The molecule has 5 heteroatoms. The third-order valence-corrected chi connectivity index (χ3v) is 4.96. The van der Waals surface area contributed by atoms with E-state index in [0.29, 0.717) is 23.7 Å². The highest BCUT2D eigenvalue weighted by molar-refractivity contribution is 5.82. The summed E-state index contributed by atoms with van der Waals surface area (Å²) in [7, 11) is 0. The van der Waals surface area contributed by atoms with E-state index in [0.717, 1.165) is 28.1 Å². The molecule has 1 aliphatic rings. The van der Waals surface area contributed by atoms with Gasteiger partial charge in [-0.05, 0) is 47.9 Å². The number of halogens is 1. The zero-order chi connectivity index (χ0) is 19.8. The van der Waals surface area contributed by atoms with Crippen LogP contribution in [-0.4, -0.2) is 16.0 Å². The standard InChI is InChI=1S/C24H18FN3O/c1-16-7-5-9-18-14-21-23(26-15-17-8-6-10-19(25)13-17)28(20-11-3-2-4-12-20)27-24(21)29-22(16)18/h2-13,15H,14H2,1H3/b26-15+. The Hall–Kier alpha value is -3.73. The van der Waals surface area contributed by atoms with Crippen molar-refractivity contribution < 1.29 is 9.13 Å². The molecule has 1 aromatic heterocycles. The minimum absolute atomic E-state index is 0.291. The monoisotopic (exact) mass is 383 g/mol. The van der Waals surface area contributed by atoms with Crippen LogP contribution in [0.5, 0.6) is 11.6 Å². The lowest BCUT2D eigenvalue weighted by atomic mass is 10.0. The number of aromatic nitrogens is 2. The molecule has 3 aromatic carbocycles. The molecule has 5 rings (SSSR count). The first-order chi connectivity index (χ1) is 14.2. The summed E-state index contributed by atoms with van der Waals surface area (Å²) in [5, 5.41) is 4.70. The van der Waals surface area contributed by atoms with Gasteiger partial charge in [0.05, 0.1) is 11.3 Å². The van der Waals surface area contributed by atoms with Crippen molar-refractivity contribution >= 4 is 12.0 Å². The molecule has 142 valence electrons. The smallest absolute Gasteiger partial charge is 0.244 e. The van der Waals surface area contributed by atoms with Crippen molar-refractivity contribution in [1.82, 2.24) is 9.78 Å². The Morgan fingerprint density at radius 3 is 2.69 bits per heavy atom. The molecule has 0 saturated carbocycles. The summed E-state index contributed by atoms with van der Waals surface area (Å²) in [5.74, 6) is 1.81. The largest absolute Gasteiger partial charge is 0.437 e. The highest BCUT2D eigenvalue weighted by atomic mass is 19.1. The molecule has 0 atom stereocenters. The fourth-order valence-corrected chi connectivity index (χ4v) is 3.55. The van der Waals surface area contributed by atoms with Crippen molar-refractivity contribution in [1.29, 1.82) is 0 Å². The third-order valence-electron chi connectivity index (χ3n) is 4.96. The van der Waals surface area contributed by atoms with Crippen molar-refractivity contribution in [2.24, 2.45) is 4.99 Å². The molecule has 0 fully saturated rings. The molecule has 2 heterocycles. The van der Waals surface area contributed by atoms with Crippen LogP contribution in [0.4, 0.5) is 10.2 Å². The van der Waals surface area contributed by atoms with Gasteiger partial charge in [-0.3, -0.25) is 0 Å². The van der Waals surface area contributed by atoms with Gasteiger partial charge in [-0.2, -0.15) is 0 Å². The number of nitrogens with zero attached hydrogens (tertiary/aromatic N) is 3. The van der Waals surface area contributed by atoms with E-state index in [-0.39, 0.29) is 5.82 Å². The van der Waals surface area contributed by atoms with E-state index in [1.807, 2.05) is 55.5 Å². The maximum absolute atomic E-state index is 13.6. The molecule has 4 nitrogen and oxygen atoms in total. The number of hydrogen-bond acceptors (Lipinski definition) is 3. The van der Waals surface area contributed by atoms with Gasteiger partial charge in [0, 0.05) is 12.6 Å². The molecule has 29 heavy (non-hydrogen) atoms. The van der Waals surface area contributed by atoms with Gasteiger partial charge in [0.1, 0.15) is 11.6 Å². The molecule has 0 radical (unpaired) electrons. The number of aryl methyl sites for hydroxylation is 1. The Labute approximate surface area is 167 Å². The fraction of sp³-hybridized carbons (Fsp3) is 0.0833. The number of fused-ring (bicyclic) bond motifs is 2. The summed E-state index contributed by atoms with van der Waals surface area (Å²) in [6.07, 6.45) is 2.33. The topological polar surface area (TPSA) is 39.4 Å². The number of ether oxygens (including phenoxy) is 1. The predicted octanol–water partition coefficient (Wildman–Crippen LogP) is 5.77. The van der Waals surface area contributed by atoms with E-state index in [1.54, 1.807) is 17.0 Å². The minimum atomic E-state index is -0.291. The predicted molar refractivity (Wildman–Crippen MR) is 111 cm³/mol. The highest BCUT2D eigenvalue weighted by Crippen LogP contribution is 2.42. The van der Waals surface area contributed by atoms with Gasteiger partial charge in [-0.15, -0.1) is 5.10 Å². The van der Waals surface area contributed by atoms with Crippen molar-refractivity contribution in [3.63, 3.8) is 0 Å². The first-order valence-electron chi connectivity index (χ1n) is 9.42. The minimum Gasteiger partial charge on any atom is -0.437 e. The second kappa shape index (κ2) is 7.02. The van der Waals surface area contributed by atoms with Crippen LogP contribution >= 0.6 is 0 Å². The zero-order valence-corrected chi connectivity index (χ0v) is 15.8. The molecule has 0 amide bonds. The molecule has 0 N–H and O–H groups in total. The maximum Gasteiger partial charge on any atom is 0.244 e. The van der Waals surface area contributed by atoms with Crippen molar-refractivity contribution in [3.8, 4) is 17.3 Å². The van der Waals surface area contributed by atoms with Crippen LogP contribution in [0.2, 0.25) is 0 Å². The van der Waals surface area contributed by atoms with E-state index >= 15 is 0 Å². The summed E-state index contributed by atoms with van der Waals surface area (Å²) in [4.78, 5) is 4.69. The van der Waals surface area contributed by atoms with Gasteiger partial charge >= 0.3 is 0 Å². The summed E-state index contributed by atoms with van der Waals surface area (Å²) in [6, 6.07) is 22.3. The SMILES string of the molecule is Cc1cccc2c1Oc1nn(-c3ccccc3)c(/N=C/c3cccc(F)c3)c1C2. The Morgan fingerprint density at radius 1 is 1.03 bits per heavy atom. The number of benzene rings is 3. The fourth-order valence-electron chi connectivity index (χ4n) is 3.55. The van der Waals surface area contributed by atoms with E-state index in [1.165, 1.54) is 12.1 Å². The molecule has 0 saturated heterocycles. The molecular weight excluding hydrogens is 365 g/mol. The zero-order valence-electron chi connectivity index (χ0n) is 15.8. The van der Waals surface area contributed by atoms with Gasteiger partial charge in [-0.1, -0.05) is 48.5 Å². The van der Waals surface area contributed by atoms with E-state index in [2.05, 4.69) is 6.07 Å². The van der Waals surface area contributed by atoms with Gasteiger partial charge < -0.3 is 4.74 Å². The molecule has 0 unspecified atom stereocenters. The summed E-state index contributed by atoms with van der Waals surface area (Å²) in [5.41, 5.74) is 4.67. The van der Waals surface area contributed by atoms with Gasteiger partial charge in [0.2, 0.25) is 5.88 Å². The lowest BCUT2D eigenvalue weighted by Crippen LogP contribution is -2.03. The molecule has 0 bridgehead atoms. The second-order valence-corrected chi connectivity index (χ2v) is 7.01. The Kier molecular flexibility index (Phi) is 4.21. The Bertz CT molecular complexity index is 1230. The van der Waals surface area contributed by atoms with E-state index < -0.39 is 0 Å². The summed E-state index contributed by atoms with van der Waals surface area (Å²) >= 11 is 0. The van der Waals surface area contributed by atoms with Gasteiger partial charge in [0.25, 0.3) is 0 Å². The first kappa shape index (κ1) is 17.4. The second-order valence-electron chi connectivity index (χ2n) is 7.01. The molecular formula is C24H18FN3O. The van der Waals surface area contributed by atoms with Crippen LogP contribution < -0.4 is 4.74 Å². The highest BCUT2D eigenvalue weighted by Gasteiger charge is 2.27. The number of rotatable bonds is 3. The van der Waals surface area contributed by atoms with Crippen LogP contribution in [0.15, 0.2) is 77.8 Å². The first-order valence-corrected chi connectivity index (χ1v) is 9.42. The van der Waals surface area contributed by atoms with E-state index in [4.69, 9.17) is 14.8 Å². The Balaban J connectivity index is 1.64. The van der Waals surface area contributed by atoms with Crippen LogP contribution in [0.3, 0.4) is 0 Å². The lowest BCUT2D eigenvalue weighted by molar-refractivity contribution is 0.435. The van der Waals surface area contributed by atoms with Crippen molar-refractivity contribution in [2.75, 3.05) is 0 Å². The average Bonchev–Trinajstić information content (AvgIpc) is 3.09. The molecule has 0 aliphatic carbocycles. The van der Waals surface area contributed by atoms with E-state index in [9.17, 15) is 4.39 Å². The number of para-hydroxylation sites is 2. The third kappa shape index (κ3) is 3.21. The molecule has 1 aliphatic heterocycles. The molecule has 4 aromatic rings. The van der Waals surface area contributed by atoms with Gasteiger partial charge in [0.15, 0.2) is 5.82 Å². The average molecular weight is 383 g/mol. The number of hydrogen-bond donors (Lipinski definition) is 0. The van der Waals surface area contributed by atoms with Crippen LogP contribution in [0.1, 0.15) is 22.3 Å². The lowest BCUT2D eigenvalue weighted by Gasteiger charge is -2.17.